The molecule has 1 aromatic carbocycles. The highest BCUT2D eigenvalue weighted by Gasteiger charge is 2.35. The summed E-state index contributed by atoms with van der Waals surface area (Å²) in [6, 6.07) is 8.26. The van der Waals surface area contributed by atoms with Gasteiger partial charge in [0.2, 0.25) is 0 Å². The van der Waals surface area contributed by atoms with Gasteiger partial charge >= 0.3 is 0 Å². The molecule has 0 spiro atoms. The number of fused-ring (bicyclic) bond motifs is 1. The molecule has 0 amide bonds. The van der Waals surface area contributed by atoms with Gasteiger partial charge in [0.25, 0.3) is 0 Å². The van der Waals surface area contributed by atoms with Crippen LogP contribution in [0.5, 0.6) is 5.75 Å². The number of aliphatic imine (C=N–C) groups is 1. The van der Waals surface area contributed by atoms with Gasteiger partial charge in [-0.25, -0.2) is 0 Å². The fourth-order valence-electron chi connectivity index (χ4n) is 4.04. The Morgan fingerprint density at radius 1 is 1.19 bits per heavy atom. The Hall–Kier alpha value is -1.02. The molecule has 1 aromatic rings. The molecule has 2 N–H and O–H groups in total. The van der Waals surface area contributed by atoms with Gasteiger partial charge in [0.05, 0.1) is 12.6 Å². The van der Waals surface area contributed by atoms with Gasteiger partial charge in [-0.15, -0.1) is 24.0 Å². The van der Waals surface area contributed by atoms with Gasteiger partial charge in [-0.2, -0.15) is 0 Å². The lowest BCUT2D eigenvalue weighted by Gasteiger charge is -2.40. The van der Waals surface area contributed by atoms with Crippen molar-refractivity contribution in [3.8, 4) is 5.75 Å². The maximum Gasteiger partial charge on any atom is 0.191 e. The Morgan fingerprint density at radius 2 is 1.93 bits per heavy atom. The number of benzene rings is 1. The van der Waals surface area contributed by atoms with Crippen molar-refractivity contribution in [3.05, 3.63) is 29.8 Å². The molecule has 2 aliphatic rings. The average molecular weight is 487 g/mol. The molecule has 3 atom stereocenters. The summed E-state index contributed by atoms with van der Waals surface area (Å²) in [6.07, 6.45) is 3.73. The molecule has 6 heteroatoms. The Labute approximate surface area is 180 Å². The first kappa shape index (κ1) is 22.3. The van der Waals surface area contributed by atoms with E-state index in [2.05, 4.69) is 48.5 Å². The highest BCUT2D eigenvalue weighted by molar-refractivity contribution is 14.0. The van der Waals surface area contributed by atoms with E-state index in [1.807, 2.05) is 19.2 Å². The van der Waals surface area contributed by atoms with Crippen LogP contribution in [0, 0.1) is 11.3 Å². The van der Waals surface area contributed by atoms with Crippen LogP contribution in [0.15, 0.2) is 29.3 Å². The number of rotatable bonds is 4. The summed E-state index contributed by atoms with van der Waals surface area (Å²) < 4.78 is 12.1. The molecule has 0 aromatic heterocycles. The summed E-state index contributed by atoms with van der Waals surface area (Å²) in [4.78, 5) is 4.37. The summed E-state index contributed by atoms with van der Waals surface area (Å²) in [7, 11) is 1.82. The normalized spacial score (nSPS) is 25.2. The third-order valence-corrected chi connectivity index (χ3v) is 5.26. The number of nitrogens with one attached hydrogen (secondary N) is 2. The van der Waals surface area contributed by atoms with Crippen molar-refractivity contribution in [2.45, 2.75) is 52.2 Å². The Bertz CT molecular complexity index is 605. The summed E-state index contributed by atoms with van der Waals surface area (Å²) in [5.74, 6) is 2.35. The molecule has 3 rings (SSSR count). The predicted octanol–water partition coefficient (Wildman–Crippen LogP) is 3.61. The lowest BCUT2D eigenvalue weighted by atomic mass is 9.78. The maximum atomic E-state index is 6.08. The van der Waals surface area contributed by atoms with E-state index >= 15 is 0 Å². The molecule has 0 saturated carbocycles. The second-order valence-electron chi connectivity index (χ2n) is 8.45. The van der Waals surface area contributed by atoms with Gasteiger partial charge in [-0.05, 0) is 29.9 Å². The molecular formula is C21H34IN3O2. The summed E-state index contributed by atoms with van der Waals surface area (Å²) in [5, 5.41) is 6.90. The van der Waals surface area contributed by atoms with E-state index in [4.69, 9.17) is 9.47 Å². The van der Waals surface area contributed by atoms with E-state index in [-0.39, 0.29) is 41.6 Å². The van der Waals surface area contributed by atoms with Crippen LogP contribution in [-0.4, -0.2) is 44.9 Å². The van der Waals surface area contributed by atoms with Gasteiger partial charge < -0.3 is 20.1 Å². The van der Waals surface area contributed by atoms with Crippen LogP contribution >= 0.6 is 24.0 Å². The van der Waals surface area contributed by atoms with Crippen molar-refractivity contribution >= 4 is 29.9 Å². The zero-order valence-corrected chi connectivity index (χ0v) is 19.3. The molecular weight excluding hydrogens is 453 g/mol. The molecule has 27 heavy (non-hydrogen) atoms. The zero-order valence-electron chi connectivity index (χ0n) is 17.0. The molecule has 2 aliphatic heterocycles. The van der Waals surface area contributed by atoms with E-state index in [0.29, 0.717) is 5.92 Å². The van der Waals surface area contributed by atoms with Crippen molar-refractivity contribution in [2.75, 3.05) is 26.7 Å². The lowest BCUT2D eigenvalue weighted by molar-refractivity contribution is -0.0835. The smallest absolute Gasteiger partial charge is 0.191 e. The standard InChI is InChI=1S/C21H33N3O2.HI/c1-21(2,3)19-16(9-7-11-25-19)13-23-20(22-4)24-14-17-12-15-8-5-6-10-18(15)26-17;/h5-6,8,10,16-17,19H,7,9,11-14H2,1-4H3,(H2,22,23,24);1H. The molecule has 0 aliphatic carbocycles. The van der Waals surface area contributed by atoms with Crippen molar-refractivity contribution in [3.63, 3.8) is 0 Å². The van der Waals surface area contributed by atoms with Crippen LogP contribution < -0.4 is 15.4 Å². The Kier molecular flexibility index (Phi) is 8.21. The lowest BCUT2D eigenvalue weighted by Crippen LogP contribution is -2.48. The third-order valence-electron chi connectivity index (χ3n) is 5.26. The first-order valence-corrected chi connectivity index (χ1v) is 9.78. The van der Waals surface area contributed by atoms with Crippen molar-refractivity contribution in [1.29, 1.82) is 0 Å². The molecule has 0 bridgehead atoms. The molecule has 5 nitrogen and oxygen atoms in total. The van der Waals surface area contributed by atoms with E-state index < -0.39 is 0 Å². The highest BCUT2D eigenvalue weighted by atomic mass is 127. The van der Waals surface area contributed by atoms with E-state index in [1.165, 1.54) is 12.0 Å². The fourth-order valence-corrected chi connectivity index (χ4v) is 4.04. The summed E-state index contributed by atoms with van der Waals surface area (Å²) in [6.45, 7) is 9.30. The number of ether oxygens (including phenoxy) is 2. The predicted molar refractivity (Wildman–Crippen MR) is 121 cm³/mol. The van der Waals surface area contributed by atoms with Crippen LogP contribution in [0.25, 0.3) is 0 Å². The number of hydrogen-bond acceptors (Lipinski definition) is 3. The summed E-state index contributed by atoms with van der Waals surface area (Å²) >= 11 is 0. The van der Waals surface area contributed by atoms with Crippen LogP contribution in [0.1, 0.15) is 39.2 Å². The number of halogens is 1. The minimum Gasteiger partial charge on any atom is -0.488 e. The largest absolute Gasteiger partial charge is 0.488 e. The monoisotopic (exact) mass is 487 g/mol. The molecule has 152 valence electrons. The van der Waals surface area contributed by atoms with E-state index in [9.17, 15) is 0 Å². The second-order valence-corrected chi connectivity index (χ2v) is 8.45. The van der Waals surface area contributed by atoms with Crippen LogP contribution in [-0.2, 0) is 11.2 Å². The van der Waals surface area contributed by atoms with Crippen molar-refractivity contribution < 1.29 is 9.47 Å². The van der Waals surface area contributed by atoms with Crippen LogP contribution in [0.4, 0.5) is 0 Å². The highest BCUT2D eigenvalue weighted by Crippen LogP contribution is 2.33. The number of hydrogen-bond donors (Lipinski definition) is 2. The van der Waals surface area contributed by atoms with Crippen LogP contribution in [0.2, 0.25) is 0 Å². The molecule has 1 fully saturated rings. The van der Waals surface area contributed by atoms with Gasteiger partial charge in [-0.1, -0.05) is 39.0 Å². The molecule has 1 saturated heterocycles. The first-order chi connectivity index (χ1) is 12.5. The fraction of sp³-hybridized carbons (Fsp3) is 0.667. The minimum atomic E-state index is 0. The van der Waals surface area contributed by atoms with Crippen LogP contribution in [0.3, 0.4) is 0 Å². The average Bonchev–Trinajstić information content (AvgIpc) is 3.04. The molecule has 2 heterocycles. The van der Waals surface area contributed by atoms with Crippen molar-refractivity contribution in [2.24, 2.45) is 16.3 Å². The Morgan fingerprint density at radius 3 is 2.63 bits per heavy atom. The first-order valence-electron chi connectivity index (χ1n) is 9.78. The summed E-state index contributed by atoms with van der Waals surface area (Å²) in [5.41, 5.74) is 1.45. The van der Waals surface area contributed by atoms with Gasteiger partial charge in [0.15, 0.2) is 5.96 Å². The van der Waals surface area contributed by atoms with Crippen molar-refractivity contribution in [1.82, 2.24) is 10.6 Å². The SMILES string of the molecule is CN=C(NCC1Cc2ccccc2O1)NCC1CCCOC1C(C)(C)C.I. The Balaban J connectivity index is 0.00000261. The topological polar surface area (TPSA) is 54.9 Å². The van der Waals surface area contributed by atoms with Gasteiger partial charge in [0.1, 0.15) is 11.9 Å². The third kappa shape index (κ3) is 5.98. The number of guanidine groups is 1. The quantitative estimate of drug-likeness (QED) is 0.387. The minimum absolute atomic E-state index is 0. The zero-order chi connectivity index (χ0) is 18.6. The van der Waals surface area contributed by atoms with Gasteiger partial charge in [0, 0.05) is 32.5 Å². The number of nitrogens with zero attached hydrogens (tertiary/aromatic N) is 1. The van der Waals surface area contributed by atoms with Gasteiger partial charge in [-0.3, -0.25) is 4.99 Å². The number of para-hydroxylation sites is 1. The van der Waals surface area contributed by atoms with E-state index in [0.717, 1.165) is 44.2 Å². The molecule has 0 radical (unpaired) electrons. The maximum absolute atomic E-state index is 6.08. The molecule has 3 unspecified atom stereocenters. The second kappa shape index (κ2) is 9.96. The van der Waals surface area contributed by atoms with E-state index in [1.54, 1.807) is 0 Å².